The largest absolute Gasteiger partial charge is 0.348 e. The van der Waals surface area contributed by atoms with Crippen LogP contribution in [-0.2, 0) is 16.0 Å². The summed E-state index contributed by atoms with van der Waals surface area (Å²) >= 11 is 0. The van der Waals surface area contributed by atoms with Crippen molar-refractivity contribution in [2.24, 2.45) is 16.7 Å². The van der Waals surface area contributed by atoms with Crippen LogP contribution in [0.1, 0.15) is 44.1 Å². The summed E-state index contributed by atoms with van der Waals surface area (Å²) in [5.74, 6) is 0.768. The Balaban J connectivity index is 1.37. The maximum absolute atomic E-state index is 13.5. The molecule has 1 aromatic carbocycles. The van der Waals surface area contributed by atoms with Gasteiger partial charge in [-0.1, -0.05) is 30.7 Å². The van der Waals surface area contributed by atoms with Crippen LogP contribution in [0.4, 0.5) is 0 Å². The summed E-state index contributed by atoms with van der Waals surface area (Å²) in [6.07, 6.45) is 10.6. The molecule has 1 spiro atoms. The van der Waals surface area contributed by atoms with E-state index in [1.54, 1.807) is 4.90 Å². The molecule has 32 heavy (non-hydrogen) atoms. The SMILES string of the molecule is CN(C)C(=O)C1(Cc2ccccc2-c2ccncc2)CCN(C(=O)[C@@H]2CC23CCC3)CC1. The number of rotatable bonds is 5. The highest BCUT2D eigenvalue weighted by Crippen LogP contribution is 2.66. The molecule has 0 N–H and O–H groups in total. The zero-order chi connectivity index (χ0) is 22.3. The Morgan fingerprint density at radius 3 is 2.31 bits per heavy atom. The van der Waals surface area contributed by atoms with Crippen molar-refractivity contribution in [2.75, 3.05) is 27.2 Å². The second-order valence-electron chi connectivity index (χ2n) is 10.3. The third-order valence-electron chi connectivity index (χ3n) is 8.27. The number of likely N-dealkylation sites (tertiary alicyclic amines) is 1. The number of aromatic nitrogens is 1. The topological polar surface area (TPSA) is 53.5 Å². The molecule has 2 aromatic rings. The number of nitrogens with zero attached hydrogens (tertiary/aromatic N) is 3. The zero-order valence-corrected chi connectivity index (χ0v) is 19.2. The lowest BCUT2D eigenvalue weighted by atomic mass is 9.71. The van der Waals surface area contributed by atoms with E-state index >= 15 is 0 Å². The van der Waals surface area contributed by atoms with Gasteiger partial charge in [0, 0.05) is 45.5 Å². The zero-order valence-electron chi connectivity index (χ0n) is 19.2. The van der Waals surface area contributed by atoms with E-state index in [9.17, 15) is 9.59 Å². The van der Waals surface area contributed by atoms with Gasteiger partial charge in [-0.15, -0.1) is 0 Å². The first kappa shape index (κ1) is 21.2. The molecule has 168 valence electrons. The Hall–Kier alpha value is -2.69. The van der Waals surface area contributed by atoms with Gasteiger partial charge >= 0.3 is 0 Å². The van der Waals surface area contributed by atoms with E-state index in [-0.39, 0.29) is 11.8 Å². The third kappa shape index (κ3) is 3.62. The van der Waals surface area contributed by atoms with Crippen LogP contribution in [0.15, 0.2) is 48.8 Å². The first-order valence-electron chi connectivity index (χ1n) is 11.9. The molecule has 1 aliphatic heterocycles. The van der Waals surface area contributed by atoms with Crippen LogP contribution in [-0.4, -0.2) is 53.8 Å². The molecule has 2 heterocycles. The monoisotopic (exact) mass is 431 g/mol. The fourth-order valence-corrected chi connectivity index (χ4v) is 6.05. The molecule has 0 bridgehead atoms. The average molecular weight is 432 g/mol. The normalized spacial score (nSPS) is 22.8. The van der Waals surface area contributed by atoms with Gasteiger partial charge in [0.15, 0.2) is 0 Å². The molecule has 1 atom stereocenters. The van der Waals surface area contributed by atoms with Crippen LogP contribution in [0, 0.1) is 16.7 Å². The quantitative estimate of drug-likeness (QED) is 0.714. The minimum atomic E-state index is -0.471. The van der Waals surface area contributed by atoms with Crippen molar-refractivity contribution in [3.05, 3.63) is 54.4 Å². The second-order valence-corrected chi connectivity index (χ2v) is 10.3. The smallest absolute Gasteiger partial charge is 0.228 e. The van der Waals surface area contributed by atoms with Gasteiger partial charge in [-0.05, 0) is 72.8 Å². The second kappa shape index (κ2) is 8.02. The molecule has 1 saturated heterocycles. The van der Waals surface area contributed by atoms with Crippen molar-refractivity contribution in [2.45, 2.75) is 44.9 Å². The molecule has 0 radical (unpaired) electrons. The van der Waals surface area contributed by atoms with Crippen molar-refractivity contribution in [1.29, 1.82) is 0 Å². The maximum atomic E-state index is 13.5. The summed E-state index contributed by atoms with van der Waals surface area (Å²) in [5.41, 5.74) is 3.35. The van der Waals surface area contributed by atoms with E-state index in [1.165, 1.54) is 24.8 Å². The molecular weight excluding hydrogens is 398 g/mol. The molecule has 2 saturated carbocycles. The van der Waals surface area contributed by atoms with E-state index in [0.29, 0.717) is 30.8 Å². The summed E-state index contributed by atoms with van der Waals surface area (Å²) in [6.45, 7) is 1.37. The van der Waals surface area contributed by atoms with Crippen molar-refractivity contribution < 1.29 is 9.59 Å². The van der Waals surface area contributed by atoms with Gasteiger partial charge in [0.1, 0.15) is 0 Å². The molecule has 2 amide bonds. The van der Waals surface area contributed by atoms with Gasteiger partial charge in [-0.25, -0.2) is 0 Å². The molecule has 5 rings (SSSR count). The number of amides is 2. The number of carbonyl (C=O) groups is 2. The summed E-state index contributed by atoms with van der Waals surface area (Å²) in [7, 11) is 3.70. The number of piperidine rings is 1. The minimum absolute atomic E-state index is 0.177. The van der Waals surface area contributed by atoms with Crippen LogP contribution in [0.2, 0.25) is 0 Å². The van der Waals surface area contributed by atoms with Crippen LogP contribution >= 0.6 is 0 Å². The highest BCUT2D eigenvalue weighted by atomic mass is 16.2. The standard InChI is InChI=1S/C27H33N3O2/c1-29(2)25(32)27(18-21-6-3-4-7-22(21)20-8-14-28-15-9-20)12-16-30(17-13-27)24(31)23-19-26(23)10-5-11-26/h3-4,6-9,14-15,23H,5,10-13,16-19H2,1-2H3/t23-/m0/s1. The lowest BCUT2D eigenvalue weighted by Gasteiger charge is -2.43. The molecule has 2 aliphatic carbocycles. The number of carbonyl (C=O) groups excluding carboxylic acids is 2. The van der Waals surface area contributed by atoms with Crippen LogP contribution in [0.5, 0.6) is 0 Å². The first-order valence-corrected chi connectivity index (χ1v) is 11.9. The number of hydrogen-bond donors (Lipinski definition) is 0. The predicted octanol–water partition coefficient (Wildman–Crippen LogP) is 4.18. The highest BCUT2D eigenvalue weighted by molar-refractivity contribution is 5.85. The van der Waals surface area contributed by atoms with E-state index in [1.807, 2.05) is 49.6 Å². The average Bonchev–Trinajstić information content (AvgIpc) is 3.56. The Morgan fingerprint density at radius 1 is 1.03 bits per heavy atom. The molecule has 3 aliphatic rings. The summed E-state index contributed by atoms with van der Waals surface area (Å²) in [5, 5.41) is 0. The molecular formula is C27H33N3O2. The van der Waals surface area contributed by atoms with Gasteiger partial charge in [-0.3, -0.25) is 14.6 Å². The Labute approximate surface area is 190 Å². The van der Waals surface area contributed by atoms with Crippen LogP contribution in [0.3, 0.4) is 0 Å². The molecule has 3 fully saturated rings. The Morgan fingerprint density at radius 2 is 1.72 bits per heavy atom. The van der Waals surface area contributed by atoms with Crippen LogP contribution in [0.25, 0.3) is 11.1 Å². The van der Waals surface area contributed by atoms with Gasteiger partial charge in [-0.2, -0.15) is 0 Å². The number of benzene rings is 1. The van der Waals surface area contributed by atoms with Gasteiger partial charge in [0.25, 0.3) is 0 Å². The molecule has 5 heteroatoms. The fraction of sp³-hybridized carbons (Fsp3) is 0.519. The molecule has 0 unspecified atom stereocenters. The minimum Gasteiger partial charge on any atom is -0.348 e. The van der Waals surface area contributed by atoms with Gasteiger partial charge in [0.2, 0.25) is 11.8 Å². The number of pyridine rings is 1. The lowest BCUT2D eigenvalue weighted by Crippen LogP contribution is -2.51. The summed E-state index contributed by atoms with van der Waals surface area (Å²) in [4.78, 5) is 34.5. The van der Waals surface area contributed by atoms with E-state index < -0.39 is 5.41 Å². The lowest BCUT2D eigenvalue weighted by molar-refractivity contribution is -0.147. The Bertz CT molecular complexity index is 1000. The summed E-state index contributed by atoms with van der Waals surface area (Å²) in [6, 6.07) is 12.4. The van der Waals surface area contributed by atoms with Gasteiger partial charge < -0.3 is 9.80 Å². The fourth-order valence-electron chi connectivity index (χ4n) is 6.05. The van der Waals surface area contributed by atoms with E-state index in [0.717, 1.165) is 30.4 Å². The maximum Gasteiger partial charge on any atom is 0.228 e. The summed E-state index contributed by atoms with van der Waals surface area (Å²) < 4.78 is 0. The third-order valence-corrected chi connectivity index (χ3v) is 8.27. The molecule has 5 nitrogen and oxygen atoms in total. The Kier molecular flexibility index (Phi) is 5.31. The number of hydrogen-bond acceptors (Lipinski definition) is 3. The first-order chi connectivity index (χ1) is 15.4. The van der Waals surface area contributed by atoms with Crippen molar-refractivity contribution >= 4 is 11.8 Å². The highest BCUT2D eigenvalue weighted by Gasteiger charge is 2.62. The van der Waals surface area contributed by atoms with Crippen molar-refractivity contribution in [1.82, 2.24) is 14.8 Å². The van der Waals surface area contributed by atoms with Crippen molar-refractivity contribution in [3.63, 3.8) is 0 Å². The van der Waals surface area contributed by atoms with Crippen molar-refractivity contribution in [3.8, 4) is 11.1 Å². The predicted molar refractivity (Wildman–Crippen MR) is 125 cm³/mol. The van der Waals surface area contributed by atoms with E-state index in [2.05, 4.69) is 23.2 Å². The van der Waals surface area contributed by atoms with Crippen LogP contribution < -0.4 is 0 Å². The van der Waals surface area contributed by atoms with E-state index in [4.69, 9.17) is 0 Å². The van der Waals surface area contributed by atoms with Gasteiger partial charge in [0.05, 0.1) is 5.41 Å². The molecule has 1 aromatic heterocycles.